The van der Waals surface area contributed by atoms with Gasteiger partial charge in [0.1, 0.15) is 11.5 Å². The standard InChI is InChI=1S/C19H22O2/c1-13-5-7-17(20)15(11-13)19(9-3-4-10-19)16-12-14(2)6-8-18(16)21/h5-8,11-12,20-21H,3-4,9-10H2,1-2H3. The lowest BCUT2D eigenvalue weighted by molar-refractivity contribution is 0.415. The lowest BCUT2D eigenvalue weighted by Gasteiger charge is -2.32. The van der Waals surface area contributed by atoms with Gasteiger partial charge in [0.05, 0.1) is 0 Å². The van der Waals surface area contributed by atoms with Gasteiger partial charge in [-0.15, -0.1) is 0 Å². The van der Waals surface area contributed by atoms with Crippen molar-refractivity contribution >= 4 is 0 Å². The van der Waals surface area contributed by atoms with Crippen LogP contribution >= 0.6 is 0 Å². The summed E-state index contributed by atoms with van der Waals surface area (Å²) in [6, 6.07) is 11.6. The van der Waals surface area contributed by atoms with Crippen LogP contribution in [0.3, 0.4) is 0 Å². The predicted octanol–water partition coefficient (Wildman–Crippen LogP) is 4.57. The fourth-order valence-electron chi connectivity index (χ4n) is 3.73. The van der Waals surface area contributed by atoms with Crippen molar-refractivity contribution in [3.63, 3.8) is 0 Å². The summed E-state index contributed by atoms with van der Waals surface area (Å²) in [6.07, 6.45) is 4.20. The molecule has 0 bridgehead atoms. The van der Waals surface area contributed by atoms with Crippen LogP contribution in [0.2, 0.25) is 0 Å². The molecule has 0 saturated heterocycles. The molecule has 1 aliphatic carbocycles. The van der Waals surface area contributed by atoms with Gasteiger partial charge in [0.25, 0.3) is 0 Å². The van der Waals surface area contributed by atoms with E-state index in [9.17, 15) is 10.2 Å². The maximum absolute atomic E-state index is 10.4. The highest BCUT2D eigenvalue weighted by Gasteiger charge is 2.41. The van der Waals surface area contributed by atoms with Gasteiger partial charge in [0.2, 0.25) is 0 Å². The Bertz CT molecular complexity index is 614. The van der Waals surface area contributed by atoms with Gasteiger partial charge < -0.3 is 10.2 Å². The number of hydrogen-bond donors (Lipinski definition) is 2. The summed E-state index contributed by atoms with van der Waals surface area (Å²) in [7, 11) is 0. The molecule has 0 amide bonds. The number of phenols is 2. The lowest BCUT2D eigenvalue weighted by atomic mass is 9.71. The topological polar surface area (TPSA) is 40.5 Å². The number of benzene rings is 2. The molecule has 110 valence electrons. The van der Waals surface area contributed by atoms with E-state index in [1.165, 1.54) is 0 Å². The van der Waals surface area contributed by atoms with Crippen molar-refractivity contribution < 1.29 is 10.2 Å². The molecule has 2 aromatic carbocycles. The Morgan fingerprint density at radius 1 is 0.762 bits per heavy atom. The molecule has 1 saturated carbocycles. The van der Waals surface area contributed by atoms with Crippen LogP contribution in [-0.4, -0.2) is 10.2 Å². The van der Waals surface area contributed by atoms with Crippen LogP contribution in [0.5, 0.6) is 11.5 Å². The van der Waals surface area contributed by atoms with Gasteiger partial charge in [-0.05, 0) is 38.8 Å². The van der Waals surface area contributed by atoms with E-state index in [4.69, 9.17) is 0 Å². The Morgan fingerprint density at radius 3 is 1.62 bits per heavy atom. The summed E-state index contributed by atoms with van der Waals surface area (Å²) in [5, 5.41) is 20.8. The van der Waals surface area contributed by atoms with E-state index in [0.717, 1.165) is 47.9 Å². The van der Waals surface area contributed by atoms with E-state index in [2.05, 4.69) is 12.1 Å². The van der Waals surface area contributed by atoms with Gasteiger partial charge >= 0.3 is 0 Å². The number of rotatable bonds is 2. The first kappa shape index (κ1) is 14.0. The molecule has 0 aliphatic heterocycles. The number of aryl methyl sites for hydroxylation is 2. The molecule has 3 rings (SSSR count). The second-order valence-electron chi connectivity index (χ2n) is 6.33. The second kappa shape index (κ2) is 5.10. The summed E-state index contributed by atoms with van der Waals surface area (Å²) in [5.74, 6) is 0.673. The minimum Gasteiger partial charge on any atom is -0.508 e. The van der Waals surface area contributed by atoms with Crippen LogP contribution in [0.1, 0.15) is 47.9 Å². The molecular formula is C19H22O2. The van der Waals surface area contributed by atoms with Crippen LogP contribution in [0.4, 0.5) is 0 Å². The molecule has 0 unspecified atom stereocenters. The summed E-state index contributed by atoms with van der Waals surface area (Å²) in [4.78, 5) is 0. The fraction of sp³-hybridized carbons (Fsp3) is 0.368. The first-order chi connectivity index (χ1) is 10.0. The normalized spacial score (nSPS) is 17.0. The SMILES string of the molecule is Cc1ccc(O)c(C2(c3cc(C)ccc3O)CCCC2)c1. The Kier molecular flexibility index (Phi) is 3.40. The van der Waals surface area contributed by atoms with Gasteiger partial charge in [-0.25, -0.2) is 0 Å². The van der Waals surface area contributed by atoms with Crippen molar-refractivity contribution in [2.45, 2.75) is 44.9 Å². The van der Waals surface area contributed by atoms with Crippen LogP contribution in [-0.2, 0) is 5.41 Å². The third kappa shape index (κ3) is 2.29. The van der Waals surface area contributed by atoms with Gasteiger partial charge in [-0.1, -0.05) is 48.2 Å². The first-order valence-electron chi connectivity index (χ1n) is 7.63. The fourth-order valence-corrected chi connectivity index (χ4v) is 3.73. The van der Waals surface area contributed by atoms with Crippen molar-refractivity contribution in [1.29, 1.82) is 0 Å². The molecule has 0 aromatic heterocycles. The molecule has 1 fully saturated rings. The molecule has 0 heterocycles. The van der Waals surface area contributed by atoms with Gasteiger partial charge in [-0.2, -0.15) is 0 Å². The molecule has 2 N–H and O–H groups in total. The summed E-state index contributed by atoms with van der Waals surface area (Å²) in [5.41, 5.74) is 3.94. The smallest absolute Gasteiger partial charge is 0.119 e. The molecule has 0 radical (unpaired) electrons. The Morgan fingerprint density at radius 2 is 1.19 bits per heavy atom. The van der Waals surface area contributed by atoms with Crippen LogP contribution in [0.25, 0.3) is 0 Å². The molecule has 2 nitrogen and oxygen atoms in total. The zero-order valence-corrected chi connectivity index (χ0v) is 12.7. The maximum Gasteiger partial charge on any atom is 0.119 e. The third-order valence-electron chi connectivity index (χ3n) is 4.79. The Balaban J connectivity index is 2.25. The predicted molar refractivity (Wildman–Crippen MR) is 84.9 cm³/mol. The highest BCUT2D eigenvalue weighted by molar-refractivity contribution is 5.53. The largest absolute Gasteiger partial charge is 0.508 e. The highest BCUT2D eigenvalue weighted by atomic mass is 16.3. The third-order valence-corrected chi connectivity index (χ3v) is 4.79. The van der Waals surface area contributed by atoms with Crippen molar-refractivity contribution in [3.05, 3.63) is 58.7 Å². The highest BCUT2D eigenvalue weighted by Crippen LogP contribution is 2.51. The number of aromatic hydroxyl groups is 2. The van der Waals surface area contributed by atoms with Crippen molar-refractivity contribution in [1.82, 2.24) is 0 Å². The van der Waals surface area contributed by atoms with E-state index in [-0.39, 0.29) is 5.41 Å². The zero-order chi connectivity index (χ0) is 15.0. The van der Waals surface area contributed by atoms with E-state index in [1.807, 2.05) is 26.0 Å². The quantitative estimate of drug-likeness (QED) is 0.846. The van der Waals surface area contributed by atoms with Crippen molar-refractivity contribution in [3.8, 4) is 11.5 Å². The molecule has 1 aliphatic rings. The molecule has 2 heteroatoms. The minimum atomic E-state index is -0.258. The molecule has 0 spiro atoms. The summed E-state index contributed by atoms with van der Waals surface area (Å²) < 4.78 is 0. The average molecular weight is 282 g/mol. The van der Waals surface area contributed by atoms with E-state index in [1.54, 1.807) is 12.1 Å². The zero-order valence-electron chi connectivity index (χ0n) is 12.7. The second-order valence-corrected chi connectivity index (χ2v) is 6.33. The first-order valence-corrected chi connectivity index (χ1v) is 7.63. The van der Waals surface area contributed by atoms with Gasteiger partial charge in [-0.3, -0.25) is 0 Å². The number of hydrogen-bond acceptors (Lipinski definition) is 2. The summed E-state index contributed by atoms with van der Waals surface area (Å²) >= 11 is 0. The van der Waals surface area contributed by atoms with Crippen molar-refractivity contribution in [2.75, 3.05) is 0 Å². The van der Waals surface area contributed by atoms with Gasteiger partial charge in [0.15, 0.2) is 0 Å². The molecular weight excluding hydrogens is 260 g/mol. The summed E-state index contributed by atoms with van der Waals surface area (Å²) in [6.45, 7) is 4.09. The van der Waals surface area contributed by atoms with Crippen molar-refractivity contribution in [2.24, 2.45) is 0 Å². The monoisotopic (exact) mass is 282 g/mol. The lowest BCUT2D eigenvalue weighted by Crippen LogP contribution is -2.24. The molecule has 21 heavy (non-hydrogen) atoms. The van der Waals surface area contributed by atoms with E-state index < -0.39 is 0 Å². The molecule has 0 atom stereocenters. The average Bonchev–Trinajstić information content (AvgIpc) is 2.94. The maximum atomic E-state index is 10.4. The van der Waals surface area contributed by atoms with E-state index in [0.29, 0.717) is 11.5 Å². The van der Waals surface area contributed by atoms with Crippen LogP contribution in [0, 0.1) is 13.8 Å². The van der Waals surface area contributed by atoms with E-state index >= 15 is 0 Å². The van der Waals surface area contributed by atoms with Crippen LogP contribution < -0.4 is 0 Å². The minimum absolute atomic E-state index is 0.258. The Hall–Kier alpha value is -1.96. The van der Waals surface area contributed by atoms with Crippen LogP contribution in [0.15, 0.2) is 36.4 Å². The van der Waals surface area contributed by atoms with Gasteiger partial charge in [0, 0.05) is 16.5 Å². The Labute approximate surface area is 126 Å². The molecule has 2 aromatic rings. The number of phenolic OH excluding ortho intramolecular Hbond substituents is 2.